The maximum absolute atomic E-state index is 13.4. The van der Waals surface area contributed by atoms with Crippen molar-refractivity contribution in [3.8, 4) is 0 Å². The molecule has 1 aliphatic rings. The number of aryl methyl sites for hydroxylation is 1. The Kier molecular flexibility index (Phi) is 7.35. The zero-order valence-corrected chi connectivity index (χ0v) is 21.4. The van der Waals surface area contributed by atoms with Gasteiger partial charge in [-0.1, -0.05) is 19.9 Å². The number of tetrazole rings is 1. The number of aromatic nitrogens is 5. The number of likely N-dealkylation sites (tertiary alicyclic amines) is 1. The molecule has 0 amide bonds. The minimum absolute atomic E-state index is 0.128. The van der Waals surface area contributed by atoms with Gasteiger partial charge in [0.1, 0.15) is 6.04 Å². The molecule has 3 aromatic rings. The first-order valence-electron chi connectivity index (χ1n) is 12.6. The summed E-state index contributed by atoms with van der Waals surface area (Å²) >= 11 is 0. The summed E-state index contributed by atoms with van der Waals surface area (Å²) in [5.74, 6) is 0.371. The Hall–Kier alpha value is -3.07. The van der Waals surface area contributed by atoms with Gasteiger partial charge in [-0.2, -0.15) is 0 Å². The number of carbonyl (C=O) groups is 1. The molecule has 1 fully saturated rings. The molecule has 0 saturated carbocycles. The number of nitrogens with zero attached hydrogens (tertiary/aromatic N) is 5. The molecule has 1 aromatic carbocycles. The summed E-state index contributed by atoms with van der Waals surface area (Å²) in [5.41, 5.74) is 2.16. The van der Waals surface area contributed by atoms with Crippen LogP contribution < -0.4 is 5.56 Å². The quantitative estimate of drug-likeness (QED) is 0.491. The molecule has 4 rings (SSSR count). The number of pyridine rings is 1. The van der Waals surface area contributed by atoms with Gasteiger partial charge in [0.2, 0.25) is 0 Å². The first kappa shape index (κ1) is 25.0. The topological polar surface area (TPSA) is 106 Å². The van der Waals surface area contributed by atoms with Crippen LogP contribution in [-0.4, -0.2) is 55.8 Å². The molecule has 35 heavy (non-hydrogen) atoms. The van der Waals surface area contributed by atoms with Gasteiger partial charge in [-0.25, -0.2) is 4.68 Å². The average molecular weight is 481 g/mol. The van der Waals surface area contributed by atoms with E-state index in [4.69, 9.17) is 4.74 Å². The third kappa shape index (κ3) is 5.00. The summed E-state index contributed by atoms with van der Waals surface area (Å²) in [5, 5.41) is 13.8. The molecule has 0 radical (unpaired) electrons. The lowest BCUT2D eigenvalue weighted by molar-refractivity contribution is -0.149. The van der Waals surface area contributed by atoms with Crippen LogP contribution in [0.3, 0.4) is 0 Å². The van der Waals surface area contributed by atoms with Crippen molar-refractivity contribution in [3.63, 3.8) is 0 Å². The second-order valence-electron chi connectivity index (χ2n) is 9.91. The van der Waals surface area contributed by atoms with E-state index in [-0.39, 0.29) is 23.0 Å². The van der Waals surface area contributed by atoms with Crippen LogP contribution in [0, 0.1) is 5.92 Å². The van der Waals surface area contributed by atoms with Gasteiger partial charge in [-0.05, 0) is 86.0 Å². The highest BCUT2D eigenvalue weighted by Crippen LogP contribution is 2.33. The van der Waals surface area contributed by atoms with Crippen molar-refractivity contribution >= 4 is 16.9 Å². The highest BCUT2D eigenvalue weighted by Gasteiger charge is 2.37. The van der Waals surface area contributed by atoms with Gasteiger partial charge in [-0.3, -0.25) is 14.5 Å². The number of nitrogens with one attached hydrogen (secondary N) is 1. The van der Waals surface area contributed by atoms with Crippen molar-refractivity contribution in [2.75, 3.05) is 19.7 Å². The van der Waals surface area contributed by atoms with Crippen LogP contribution in [0.2, 0.25) is 0 Å². The first-order valence-corrected chi connectivity index (χ1v) is 12.6. The second kappa shape index (κ2) is 10.3. The van der Waals surface area contributed by atoms with E-state index in [0.29, 0.717) is 43.9 Å². The van der Waals surface area contributed by atoms with Gasteiger partial charge in [0.15, 0.2) is 5.82 Å². The Morgan fingerprint density at radius 3 is 2.60 bits per heavy atom. The number of H-pyrrole nitrogens is 1. The number of carbonyl (C=O) groups excluding carboxylic acids is 1. The Bertz CT molecular complexity index is 1240. The van der Waals surface area contributed by atoms with E-state index < -0.39 is 6.04 Å². The van der Waals surface area contributed by atoms with Crippen LogP contribution in [0.4, 0.5) is 0 Å². The molecule has 9 nitrogen and oxygen atoms in total. The largest absolute Gasteiger partial charge is 0.466 e. The number of hydrogen-bond acceptors (Lipinski definition) is 7. The standard InChI is InChI=1S/C26H36N6O3/c1-6-17-9-10-21-19(15-17)16-20(24(33)27-21)22(23-28-29-30-32(23)26(4,5)7-2)31-13-11-18(12-14-31)25(34)35-8-3/h9-10,15-16,18,22H,6-8,11-14H2,1-5H3,(H,27,33)/t22-/m1/s1. The molecular weight excluding hydrogens is 444 g/mol. The lowest BCUT2D eigenvalue weighted by Gasteiger charge is -2.37. The minimum atomic E-state index is -0.433. The summed E-state index contributed by atoms with van der Waals surface area (Å²) in [6.07, 6.45) is 3.08. The third-order valence-electron chi connectivity index (χ3n) is 7.33. The fraction of sp³-hybridized carbons (Fsp3) is 0.577. The van der Waals surface area contributed by atoms with Crippen molar-refractivity contribution in [1.29, 1.82) is 0 Å². The summed E-state index contributed by atoms with van der Waals surface area (Å²) in [6.45, 7) is 11.9. The monoisotopic (exact) mass is 480 g/mol. The van der Waals surface area contributed by atoms with E-state index in [0.717, 1.165) is 23.7 Å². The SMILES string of the molecule is CCOC(=O)C1CCN([C@H](c2cc3cc(CC)ccc3[nH]c2=O)c2nnnn2C(C)(C)CC)CC1. The van der Waals surface area contributed by atoms with E-state index in [9.17, 15) is 9.59 Å². The molecule has 0 unspecified atom stereocenters. The van der Waals surface area contributed by atoms with Crippen molar-refractivity contribution in [3.05, 3.63) is 51.6 Å². The predicted molar refractivity (Wildman–Crippen MR) is 134 cm³/mol. The molecule has 188 valence electrons. The van der Waals surface area contributed by atoms with Gasteiger partial charge < -0.3 is 9.72 Å². The molecule has 3 heterocycles. The van der Waals surface area contributed by atoms with Gasteiger partial charge in [0, 0.05) is 24.2 Å². The van der Waals surface area contributed by atoms with Crippen LogP contribution in [0.25, 0.3) is 10.9 Å². The lowest BCUT2D eigenvalue weighted by Crippen LogP contribution is -2.43. The van der Waals surface area contributed by atoms with Gasteiger partial charge in [0.25, 0.3) is 5.56 Å². The van der Waals surface area contributed by atoms with Gasteiger partial charge in [-0.15, -0.1) is 5.10 Å². The van der Waals surface area contributed by atoms with Crippen LogP contribution in [0.5, 0.6) is 0 Å². The van der Waals surface area contributed by atoms with Crippen molar-refractivity contribution in [2.24, 2.45) is 5.92 Å². The molecule has 1 atom stereocenters. The van der Waals surface area contributed by atoms with E-state index in [1.54, 1.807) is 0 Å². The highest BCUT2D eigenvalue weighted by atomic mass is 16.5. The normalized spacial score (nSPS) is 16.5. The highest BCUT2D eigenvalue weighted by molar-refractivity contribution is 5.80. The van der Waals surface area contributed by atoms with Crippen molar-refractivity contribution in [1.82, 2.24) is 30.1 Å². The molecule has 1 aliphatic heterocycles. The zero-order chi connectivity index (χ0) is 25.2. The van der Waals surface area contributed by atoms with Gasteiger partial charge in [0.05, 0.1) is 18.1 Å². The van der Waals surface area contributed by atoms with E-state index in [2.05, 4.69) is 59.2 Å². The van der Waals surface area contributed by atoms with Crippen LogP contribution >= 0.6 is 0 Å². The molecule has 0 spiro atoms. The Morgan fingerprint density at radius 2 is 1.94 bits per heavy atom. The number of esters is 1. The Labute approximate surface area is 205 Å². The second-order valence-corrected chi connectivity index (χ2v) is 9.91. The number of piperidine rings is 1. The Balaban J connectivity index is 1.80. The molecular formula is C26H36N6O3. The number of hydrogen-bond donors (Lipinski definition) is 1. The maximum Gasteiger partial charge on any atom is 0.309 e. The minimum Gasteiger partial charge on any atom is -0.466 e. The van der Waals surface area contributed by atoms with Crippen LogP contribution in [0.1, 0.15) is 76.9 Å². The third-order valence-corrected chi connectivity index (χ3v) is 7.33. The summed E-state index contributed by atoms with van der Waals surface area (Å²) in [6, 6.07) is 7.67. The van der Waals surface area contributed by atoms with Crippen molar-refractivity contribution in [2.45, 2.75) is 71.9 Å². The van der Waals surface area contributed by atoms with E-state index >= 15 is 0 Å². The van der Waals surface area contributed by atoms with Gasteiger partial charge >= 0.3 is 5.97 Å². The fourth-order valence-electron chi connectivity index (χ4n) is 4.79. The number of benzene rings is 1. The first-order chi connectivity index (χ1) is 16.8. The zero-order valence-electron chi connectivity index (χ0n) is 21.4. The Morgan fingerprint density at radius 1 is 1.20 bits per heavy atom. The predicted octanol–water partition coefficient (Wildman–Crippen LogP) is 3.59. The van der Waals surface area contributed by atoms with Crippen LogP contribution in [0.15, 0.2) is 29.1 Å². The number of fused-ring (bicyclic) bond motifs is 1. The van der Waals surface area contributed by atoms with Crippen LogP contribution in [-0.2, 0) is 21.5 Å². The van der Waals surface area contributed by atoms with E-state index in [1.165, 1.54) is 5.56 Å². The summed E-state index contributed by atoms with van der Waals surface area (Å²) < 4.78 is 7.10. The molecule has 9 heteroatoms. The lowest BCUT2D eigenvalue weighted by atomic mass is 9.93. The molecule has 1 saturated heterocycles. The fourth-order valence-corrected chi connectivity index (χ4v) is 4.79. The number of rotatable bonds is 8. The molecule has 0 aliphatic carbocycles. The van der Waals surface area contributed by atoms with E-state index in [1.807, 2.05) is 29.8 Å². The molecule has 1 N–H and O–H groups in total. The molecule has 0 bridgehead atoms. The van der Waals surface area contributed by atoms with Crippen molar-refractivity contribution < 1.29 is 9.53 Å². The average Bonchev–Trinajstić information content (AvgIpc) is 3.35. The number of aromatic amines is 1. The summed E-state index contributed by atoms with van der Waals surface area (Å²) in [7, 11) is 0. The smallest absolute Gasteiger partial charge is 0.309 e. The number of ether oxygens (including phenoxy) is 1. The molecule has 2 aromatic heterocycles. The summed E-state index contributed by atoms with van der Waals surface area (Å²) in [4.78, 5) is 31.0. The maximum atomic E-state index is 13.4.